The quantitative estimate of drug-likeness (QED) is 0.928. The number of carboxylic acids is 1. The van der Waals surface area contributed by atoms with E-state index in [1.165, 1.54) is 5.69 Å². The molecule has 21 heavy (non-hydrogen) atoms. The van der Waals surface area contributed by atoms with Gasteiger partial charge in [-0.25, -0.2) is 0 Å². The summed E-state index contributed by atoms with van der Waals surface area (Å²) in [5, 5.41) is 9.34. The van der Waals surface area contributed by atoms with E-state index in [9.17, 15) is 9.90 Å². The van der Waals surface area contributed by atoms with Crippen molar-refractivity contribution < 1.29 is 9.90 Å². The minimum Gasteiger partial charge on any atom is -0.481 e. The highest BCUT2D eigenvalue weighted by atomic mass is 16.4. The molecule has 1 aromatic rings. The van der Waals surface area contributed by atoms with E-state index in [2.05, 4.69) is 34.1 Å². The first kappa shape index (κ1) is 14.4. The van der Waals surface area contributed by atoms with Crippen LogP contribution in [-0.2, 0) is 4.79 Å². The maximum absolute atomic E-state index is 11.4. The number of rotatable bonds is 3. The lowest BCUT2D eigenvalue weighted by Crippen LogP contribution is -2.45. The maximum atomic E-state index is 11.4. The standard InChI is InChI=1S/C17H24N2O2/c1-17(16(20)21)9-12-19(13-17)15-7-10-18(11-8-15)14-5-3-2-4-6-14/h2-6,15H,7-13H2,1H3,(H,20,21). The van der Waals surface area contributed by atoms with Gasteiger partial charge in [-0.2, -0.15) is 0 Å². The number of hydrogen-bond acceptors (Lipinski definition) is 3. The Labute approximate surface area is 126 Å². The first-order chi connectivity index (χ1) is 10.1. The summed E-state index contributed by atoms with van der Waals surface area (Å²) in [6.45, 7) is 5.65. The fraction of sp³-hybridized carbons (Fsp3) is 0.588. The van der Waals surface area contributed by atoms with Crippen LogP contribution < -0.4 is 4.90 Å². The second-order valence-corrected chi connectivity index (χ2v) is 6.64. The highest BCUT2D eigenvalue weighted by molar-refractivity contribution is 5.74. The number of nitrogens with zero attached hydrogens (tertiary/aromatic N) is 2. The Balaban J connectivity index is 1.56. The van der Waals surface area contributed by atoms with Crippen molar-refractivity contribution in [1.82, 2.24) is 4.90 Å². The van der Waals surface area contributed by atoms with Crippen molar-refractivity contribution in [2.45, 2.75) is 32.2 Å². The van der Waals surface area contributed by atoms with Crippen molar-refractivity contribution >= 4 is 11.7 Å². The Hall–Kier alpha value is -1.55. The first-order valence-electron chi connectivity index (χ1n) is 7.86. The van der Waals surface area contributed by atoms with Gasteiger partial charge in [-0.05, 0) is 44.9 Å². The Morgan fingerprint density at radius 1 is 1.19 bits per heavy atom. The predicted octanol–water partition coefficient (Wildman–Crippen LogP) is 2.45. The monoisotopic (exact) mass is 288 g/mol. The van der Waals surface area contributed by atoms with Crippen LogP contribution in [0.3, 0.4) is 0 Å². The topological polar surface area (TPSA) is 43.8 Å². The molecule has 0 amide bonds. The molecule has 4 nitrogen and oxygen atoms in total. The third-order valence-corrected chi connectivity index (χ3v) is 5.12. The normalized spacial score (nSPS) is 28.0. The number of carbonyl (C=O) groups is 1. The van der Waals surface area contributed by atoms with E-state index >= 15 is 0 Å². The molecule has 2 saturated heterocycles. The highest BCUT2D eigenvalue weighted by Crippen LogP contribution is 2.34. The average Bonchev–Trinajstić information content (AvgIpc) is 2.92. The third-order valence-electron chi connectivity index (χ3n) is 5.12. The van der Waals surface area contributed by atoms with E-state index in [4.69, 9.17) is 0 Å². The van der Waals surface area contributed by atoms with Crippen molar-refractivity contribution in [2.24, 2.45) is 5.41 Å². The number of benzene rings is 1. The maximum Gasteiger partial charge on any atom is 0.310 e. The van der Waals surface area contributed by atoms with Gasteiger partial charge in [0.05, 0.1) is 5.41 Å². The van der Waals surface area contributed by atoms with Crippen LogP contribution >= 0.6 is 0 Å². The summed E-state index contributed by atoms with van der Waals surface area (Å²) < 4.78 is 0. The zero-order chi connectivity index (χ0) is 14.9. The Morgan fingerprint density at radius 3 is 2.43 bits per heavy atom. The molecule has 0 saturated carbocycles. The largest absolute Gasteiger partial charge is 0.481 e. The van der Waals surface area contributed by atoms with Gasteiger partial charge in [0.1, 0.15) is 0 Å². The van der Waals surface area contributed by atoms with Crippen molar-refractivity contribution in [2.75, 3.05) is 31.1 Å². The third kappa shape index (κ3) is 2.91. The van der Waals surface area contributed by atoms with E-state index in [1.807, 2.05) is 13.0 Å². The van der Waals surface area contributed by atoms with E-state index in [0.717, 1.165) is 38.9 Å². The molecule has 0 aliphatic carbocycles. The lowest BCUT2D eigenvalue weighted by Gasteiger charge is -2.38. The number of piperidine rings is 1. The smallest absolute Gasteiger partial charge is 0.310 e. The molecule has 2 fully saturated rings. The molecule has 2 aliphatic heterocycles. The molecule has 0 aromatic heterocycles. The molecule has 1 unspecified atom stereocenters. The summed E-state index contributed by atoms with van der Waals surface area (Å²) in [5.74, 6) is -0.647. The van der Waals surface area contributed by atoms with Gasteiger partial charge in [-0.1, -0.05) is 18.2 Å². The van der Waals surface area contributed by atoms with Crippen molar-refractivity contribution in [3.63, 3.8) is 0 Å². The fourth-order valence-corrected chi connectivity index (χ4v) is 3.61. The van der Waals surface area contributed by atoms with Gasteiger partial charge in [0.15, 0.2) is 0 Å². The Bertz CT molecular complexity index is 497. The molecular weight excluding hydrogens is 264 g/mol. The molecule has 0 bridgehead atoms. The molecule has 0 radical (unpaired) electrons. The average molecular weight is 288 g/mol. The number of anilines is 1. The summed E-state index contributed by atoms with van der Waals surface area (Å²) in [7, 11) is 0. The van der Waals surface area contributed by atoms with E-state index < -0.39 is 11.4 Å². The molecule has 3 rings (SSSR count). The van der Waals surface area contributed by atoms with Crippen molar-refractivity contribution in [3.8, 4) is 0 Å². The molecule has 0 spiro atoms. The van der Waals surface area contributed by atoms with Gasteiger partial charge in [0.2, 0.25) is 0 Å². The van der Waals surface area contributed by atoms with Crippen molar-refractivity contribution in [1.29, 1.82) is 0 Å². The molecular formula is C17H24N2O2. The van der Waals surface area contributed by atoms with Crippen LogP contribution in [0.25, 0.3) is 0 Å². The van der Waals surface area contributed by atoms with E-state index in [0.29, 0.717) is 12.6 Å². The highest BCUT2D eigenvalue weighted by Gasteiger charge is 2.42. The summed E-state index contributed by atoms with van der Waals surface area (Å²) in [4.78, 5) is 16.2. The zero-order valence-corrected chi connectivity index (χ0v) is 12.7. The summed E-state index contributed by atoms with van der Waals surface area (Å²) in [6, 6.07) is 11.1. The van der Waals surface area contributed by atoms with Gasteiger partial charge in [0, 0.05) is 31.4 Å². The predicted molar refractivity (Wildman–Crippen MR) is 83.6 cm³/mol. The van der Waals surface area contributed by atoms with Crippen LogP contribution in [0.4, 0.5) is 5.69 Å². The van der Waals surface area contributed by atoms with Crippen LogP contribution in [0.15, 0.2) is 30.3 Å². The zero-order valence-electron chi connectivity index (χ0n) is 12.7. The van der Waals surface area contributed by atoms with Crippen LogP contribution in [0.1, 0.15) is 26.2 Å². The van der Waals surface area contributed by atoms with E-state index in [1.54, 1.807) is 0 Å². The van der Waals surface area contributed by atoms with Gasteiger partial charge >= 0.3 is 5.97 Å². The molecule has 1 atom stereocenters. The number of carboxylic acid groups (broad SMARTS) is 1. The number of hydrogen-bond donors (Lipinski definition) is 1. The van der Waals surface area contributed by atoms with Gasteiger partial charge in [0.25, 0.3) is 0 Å². The van der Waals surface area contributed by atoms with Crippen molar-refractivity contribution in [3.05, 3.63) is 30.3 Å². The lowest BCUT2D eigenvalue weighted by molar-refractivity contribution is -0.147. The minimum atomic E-state index is -0.647. The summed E-state index contributed by atoms with van der Waals surface area (Å²) in [6.07, 6.45) is 3.04. The van der Waals surface area contributed by atoms with Crippen LogP contribution in [0, 0.1) is 5.41 Å². The fourth-order valence-electron chi connectivity index (χ4n) is 3.61. The first-order valence-corrected chi connectivity index (χ1v) is 7.86. The number of aliphatic carboxylic acids is 1. The van der Waals surface area contributed by atoms with Gasteiger partial charge in [-0.15, -0.1) is 0 Å². The minimum absolute atomic E-state index is 0.545. The summed E-state index contributed by atoms with van der Waals surface area (Å²) in [5.41, 5.74) is 0.754. The van der Waals surface area contributed by atoms with Gasteiger partial charge in [-0.3, -0.25) is 9.69 Å². The van der Waals surface area contributed by atoms with E-state index in [-0.39, 0.29) is 0 Å². The van der Waals surface area contributed by atoms with Crippen LogP contribution in [0.2, 0.25) is 0 Å². The molecule has 1 aromatic carbocycles. The van der Waals surface area contributed by atoms with Crippen LogP contribution in [0.5, 0.6) is 0 Å². The molecule has 4 heteroatoms. The number of likely N-dealkylation sites (tertiary alicyclic amines) is 1. The number of para-hydroxylation sites is 1. The Morgan fingerprint density at radius 2 is 1.86 bits per heavy atom. The second-order valence-electron chi connectivity index (χ2n) is 6.64. The lowest BCUT2D eigenvalue weighted by atomic mass is 9.90. The molecule has 2 aliphatic rings. The van der Waals surface area contributed by atoms with Gasteiger partial charge < -0.3 is 10.0 Å². The second kappa shape index (κ2) is 5.68. The molecule has 2 heterocycles. The van der Waals surface area contributed by atoms with Crippen LogP contribution in [-0.4, -0.2) is 48.2 Å². The Kier molecular flexibility index (Phi) is 3.89. The summed E-state index contributed by atoms with van der Waals surface area (Å²) >= 11 is 0. The SMILES string of the molecule is CC1(C(=O)O)CCN(C2CCN(c3ccccc3)CC2)C1. The molecule has 1 N–H and O–H groups in total. The molecule has 114 valence electrons.